The van der Waals surface area contributed by atoms with Gasteiger partial charge >= 0.3 is 0 Å². The maximum atomic E-state index is 12.2. The highest BCUT2D eigenvalue weighted by Gasteiger charge is 2.46. The highest BCUT2D eigenvalue weighted by atomic mass is 32.2. The second kappa shape index (κ2) is 3.99. The second-order valence-corrected chi connectivity index (χ2v) is 4.91. The zero-order valence-electron chi connectivity index (χ0n) is 8.87. The Balaban J connectivity index is 1.89. The van der Waals surface area contributed by atoms with Gasteiger partial charge in [0.1, 0.15) is 11.8 Å². The van der Waals surface area contributed by atoms with Gasteiger partial charge in [0.15, 0.2) is 0 Å². The summed E-state index contributed by atoms with van der Waals surface area (Å²) in [7, 11) is 0. The first kappa shape index (κ1) is 10.5. The molecule has 1 amide bonds. The minimum absolute atomic E-state index is 0.0398. The van der Waals surface area contributed by atoms with Crippen molar-refractivity contribution in [3.05, 3.63) is 24.3 Å². The Morgan fingerprint density at radius 1 is 1.53 bits per heavy atom. The van der Waals surface area contributed by atoms with E-state index in [2.05, 4.69) is 9.97 Å². The largest absolute Gasteiger partial charge is 0.459 e. The zero-order valence-corrected chi connectivity index (χ0v) is 9.68. The summed E-state index contributed by atoms with van der Waals surface area (Å²) < 4.78 is 5.36. The van der Waals surface area contributed by atoms with Crippen molar-refractivity contribution in [2.75, 3.05) is 11.5 Å². The third kappa shape index (κ3) is 1.66. The maximum absolute atomic E-state index is 12.2. The van der Waals surface area contributed by atoms with Gasteiger partial charge in [-0.15, -0.1) is 0 Å². The molecule has 1 aromatic heterocycles. The van der Waals surface area contributed by atoms with Gasteiger partial charge in [-0.25, -0.2) is 4.98 Å². The molecule has 1 N–H and O–H groups in total. The van der Waals surface area contributed by atoms with Crippen LogP contribution in [0, 0.1) is 5.41 Å². The lowest BCUT2D eigenvalue weighted by atomic mass is 10.2. The van der Waals surface area contributed by atoms with Crippen LogP contribution < -0.4 is 0 Å². The molecule has 17 heavy (non-hydrogen) atoms. The number of hydrogen-bond acceptors (Lipinski definition) is 6. The highest BCUT2D eigenvalue weighted by molar-refractivity contribution is 7.99. The van der Waals surface area contributed by atoms with Crippen molar-refractivity contribution in [2.45, 2.75) is 12.1 Å². The molecule has 0 spiro atoms. The molecule has 7 heteroatoms. The van der Waals surface area contributed by atoms with E-state index in [0.717, 1.165) is 11.5 Å². The lowest BCUT2D eigenvalue weighted by Gasteiger charge is -2.18. The van der Waals surface area contributed by atoms with Crippen molar-refractivity contribution >= 4 is 23.7 Å². The summed E-state index contributed by atoms with van der Waals surface area (Å²) in [6, 6.07) is -0.113. The number of aromatic nitrogens is 2. The minimum Gasteiger partial charge on any atom is -0.459 e. The normalized spacial score (nSPS) is 26.8. The van der Waals surface area contributed by atoms with Gasteiger partial charge in [0, 0.05) is 23.9 Å². The predicted octanol–water partition coefficient (Wildman–Crippen LogP) is 0.368. The van der Waals surface area contributed by atoms with Crippen LogP contribution in [0.4, 0.5) is 0 Å². The van der Waals surface area contributed by atoms with E-state index in [1.807, 2.05) is 0 Å². The van der Waals surface area contributed by atoms with Gasteiger partial charge in [0.25, 0.3) is 11.9 Å². The molecule has 0 aromatic carbocycles. The average molecular weight is 250 g/mol. The van der Waals surface area contributed by atoms with Gasteiger partial charge in [-0.2, -0.15) is 11.8 Å². The molecular weight excluding hydrogens is 240 g/mol. The first-order chi connectivity index (χ1) is 8.27. The standard InChI is InChI=1S/C10H10N4O2S/c11-10-14(7-4-17-5-8(7)16-10)9(15)6-3-12-1-2-13-6/h1-3,7-8,11H,4-5H2/t7-,8-/m1/s1. The van der Waals surface area contributed by atoms with Gasteiger partial charge in [-0.3, -0.25) is 20.1 Å². The van der Waals surface area contributed by atoms with E-state index >= 15 is 0 Å². The molecule has 0 bridgehead atoms. The van der Waals surface area contributed by atoms with Crippen molar-refractivity contribution in [1.82, 2.24) is 14.9 Å². The van der Waals surface area contributed by atoms with Crippen LogP contribution in [0.1, 0.15) is 10.5 Å². The number of hydrogen-bond donors (Lipinski definition) is 1. The Morgan fingerprint density at radius 2 is 2.41 bits per heavy atom. The van der Waals surface area contributed by atoms with Crippen LogP contribution in [0.2, 0.25) is 0 Å². The Hall–Kier alpha value is -1.63. The fourth-order valence-electron chi connectivity index (χ4n) is 2.00. The number of carbonyl (C=O) groups is 1. The molecule has 0 aliphatic carbocycles. The summed E-state index contributed by atoms with van der Waals surface area (Å²) in [5, 5.41) is 7.71. The van der Waals surface area contributed by atoms with E-state index < -0.39 is 0 Å². The van der Waals surface area contributed by atoms with Crippen molar-refractivity contribution in [1.29, 1.82) is 5.41 Å². The Morgan fingerprint density at radius 3 is 3.18 bits per heavy atom. The first-order valence-corrected chi connectivity index (χ1v) is 6.35. The predicted molar refractivity (Wildman–Crippen MR) is 61.9 cm³/mol. The molecule has 0 unspecified atom stereocenters. The molecule has 6 nitrogen and oxygen atoms in total. The zero-order chi connectivity index (χ0) is 11.8. The van der Waals surface area contributed by atoms with E-state index in [1.165, 1.54) is 23.5 Å². The van der Waals surface area contributed by atoms with Crippen LogP contribution in [0.15, 0.2) is 18.6 Å². The van der Waals surface area contributed by atoms with Crippen LogP contribution in [-0.4, -0.2) is 50.4 Å². The molecule has 2 saturated heterocycles. The van der Waals surface area contributed by atoms with Crippen molar-refractivity contribution < 1.29 is 9.53 Å². The SMILES string of the molecule is N=C1O[C@@H]2CSC[C@H]2N1C(=O)c1cnccn1. The molecule has 3 heterocycles. The molecule has 1 aromatic rings. The van der Waals surface area contributed by atoms with Gasteiger partial charge in [0.2, 0.25) is 0 Å². The Labute approximate surface area is 102 Å². The second-order valence-electron chi connectivity index (χ2n) is 3.83. The van der Waals surface area contributed by atoms with Crippen molar-refractivity contribution in [3.8, 4) is 0 Å². The van der Waals surface area contributed by atoms with E-state index in [0.29, 0.717) is 0 Å². The number of amidine groups is 1. The van der Waals surface area contributed by atoms with Crippen LogP contribution in [-0.2, 0) is 4.74 Å². The number of ether oxygens (including phenoxy) is 1. The molecule has 2 fully saturated rings. The quantitative estimate of drug-likeness (QED) is 0.779. The number of fused-ring (bicyclic) bond motifs is 1. The third-order valence-corrected chi connectivity index (χ3v) is 3.96. The highest BCUT2D eigenvalue weighted by Crippen LogP contribution is 2.31. The fourth-order valence-corrected chi connectivity index (χ4v) is 3.27. The summed E-state index contributed by atoms with van der Waals surface area (Å²) in [6.07, 6.45) is 4.34. The monoisotopic (exact) mass is 250 g/mol. The first-order valence-electron chi connectivity index (χ1n) is 5.20. The number of nitrogens with zero attached hydrogens (tertiary/aromatic N) is 3. The van der Waals surface area contributed by atoms with E-state index in [1.54, 1.807) is 11.8 Å². The van der Waals surface area contributed by atoms with Crippen molar-refractivity contribution in [2.24, 2.45) is 0 Å². The Bertz CT molecular complexity index is 467. The van der Waals surface area contributed by atoms with Gasteiger partial charge in [-0.05, 0) is 0 Å². The molecular formula is C10H10N4O2S. The van der Waals surface area contributed by atoms with Crippen LogP contribution in [0.5, 0.6) is 0 Å². The topological polar surface area (TPSA) is 79.2 Å². The Kier molecular flexibility index (Phi) is 2.47. The molecule has 0 saturated carbocycles. The smallest absolute Gasteiger partial charge is 0.292 e. The number of nitrogens with one attached hydrogen (secondary N) is 1. The summed E-state index contributed by atoms with van der Waals surface area (Å²) >= 11 is 1.73. The average Bonchev–Trinajstić information content (AvgIpc) is 2.89. The number of amides is 1. The summed E-state index contributed by atoms with van der Waals surface area (Å²) in [4.78, 5) is 21.4. The fraction of sp³-hybridized carbons (Fsp3) is 0.400. The van der Waals surface area contributed by atoms with Crippen LogP contribution in [0.25, 0.3) is 0 Å². The molecule has 3 rings (SSSR count). The number of thioether (sulfide) groups is 1. The molecule has 0 radical (unpaired) electrons. The molecule has 2 aliphatic heterocycles. The molecule has 2 aliphatic rings. The van der Waals surface area contributed by atoms with Gasteiger partial charge in [-0.1, -0.05) is 0 Å². The lowest BCUT2D eigenvalue weighted by molar-refractivity contribution is 0.0817. The third-order valence-electron chi connectivity index (χ3n) is 2.81. The molecule has 2 atom stereocenters. The van der Waals surface area contributed by atoms with E-state index in [-0.39, 0.29) is 29.8 Å². The van der Waals surface area contributed by atoms with Crippen LogP contribution in [0.3, 0.4) is 0 Å². The van der Waals surface area contributed by atoms with Gasteiger partial charge < -0.3 is 4.74 Å². The summed E-state index contributed by atoms with van der Waals surface area (Å²) in [6.45, 7) is 0. The van der Waals surface area contributed by atoms with E-state index in [9.17, 15) is 4.79 Å². The molecule has 88 valence electrons. The lowest BCUT2D eigenvalue weighted by Crippen LogP contribution is -2.41. The maximum Gasteiger partial charge on any atom is 0.292 e. The van der Waals surface area contributed by atoms with Gasteiger partial charge in [0.05, 0.1) is 12.2 Å². The summed E-state index contributed by atoms with van der Waals surface area (Å²) in [5.41, 5.74) is 0.249. The summed E-state index contributed by atoms with van der Waals surface area (Å²) in [5.74, 6) is 1.33. The number of rotatable bonds is 1. The van der Waals surface area contributed by atoms with Crippen LogP contribution >= 0.6 is 11.8 Å². The van der Waals surface area contributed by atoms with E-state index in [4.69, 9.17) is 10.1 Å². The number of carbonyl (C=O) groups excluding carboxylic acids is 1. The van der Waals surface area contributed by atoms with Crippen molar-refractivity contribution in [3.63, 3.8) is 0 Å². The minimum atomic E-state index is -0.307.